The fourth-order valence-corrected chi connectivity index (χ4v) is 2.80. The summed E-state index contributed by atoms with van der Waals surface area (Å²) >= 11 is 0. The molecular formula is C22H23NO7. The van der Waals surface area contributed by atoms with E-state index < -0.39 is 18.0 Å². The number of carbonyl (C=O) groups is 2. The zero-order valence-corrected chi connectivity index (χ0v) is 17.0. The van der Waals surface area contributed by atoms with Gasteiger partial charge in [0.2, 0.25) is 5.75 Å². The molecule has 1 N–H and O–H groups in total. The molecule has 1 heterocycles. The predicted octanol–water partition coefficient (Wildman–Crippen LogP) is 3.06. The molecule has 0 radical (unpaired) electrons. The highest BCUT2D eigenvalue weighted by Crippen LogP contribution is 2.40. The third-order valence-corrected chi connectivity index (χ3v) is 4.29. The second-order valence-electron chi connectivity index (χ2n) is 6.35. The molecule has 158 valence electrons. The molecule has 0 aliphatic carbocycles. The number of nitrogens with one attached hydrogen (secondary N) is 1. The summed E-state index contributed by atoms with van der Waals surface area (Å²) in [7, 11) is 3.03. The molecule has 0 saturated carbocycles. The Morgan fingerprint density at radius 3 is 2.57 bits per heavy atom. The van der Waals surface area contributed by atoms with Gasteiger partial charge < -0.3 is 29.0 Å². The van der Waals surface area contributed by atoms with Crippen LogP contribution in [-0.2, 0) is 14.3 Å². The minimum absolute atomic E-state index is 0.435. The maximum atomic E-state index is 12.3. The van der Waals surface area contributed by atoms with E-state index in [2.05, 4.69) is 5.32 Å². The molecule has 8 heteroatoms. The van der Waals surface area contributed by atoms with Crippen molar-refractivity contribution < 1.29 is 33.3 Å². The summed E-state index contributed by atoms with van der Waals surface area (Å²) in [6, 6.07) is 10.4. The summed E-state index contributed by atoms with van der Waals surface area (Å²) in [5.41, 5.74) is 1.16. The van der Waals surface area contributed by atoms with E-state index in [1.165, 1.54) is 27.2 Å². The molecule has 0 saturated heterocycles. The predicted molar refractivity (Wildman–Crippen MR) is 110 cm³/mol. The molecule has 0 aromatic heterocycles. The van der Waals surface area contributed by atoms with Crippen molar-refractivity contribution in [3.05, 3.63) is 48.0 Å². The Morgan fingerprint density at radius 1 is 1.07 bits per heavy atom. The van der Waals surface area contributed by atoms with Crippen molar-refractivity contribution >= 4 is 23.6 Å². The number of anilines is 1. The maximum absolute atomic E-state index is 12.3. The largest absolute Gasteiger partial charge is 0.495 e. The highest BCUT2D eigenvalue weighted by molar-refractivity contribution is 5.97. The van der Waals surface area contributed by atoms with Crippen LogP contribution in [0.25, 0.3) is 6.08 Å². The summed E-state index contributed by atoms with van der Waals surface area (Å²) in [5.74, 6) is 0.957. The number of amides is 1. The quantitative estimate of drug-likeness (QED) is 0.551. The van der Waals surface area contributed by atoms with Crippen LogP contribution < -0.4 is 24.3 Å². The Morgan fingerprint density at radius 2 is 1.80 bits per heavy atom. The van der Waals surface area contributed by atoms with E-state index >= 15 is 0 Å². The lowest BCUT2D eigenvalue weighted by Gasteiger charge is -2.20. The van der Waals surface area contributed by atoms with Crippen LogP contribution in [0.1, 0.15) is 12.5 Å². The van der Waals surface area contributed by atoms with Crippen LogP contribution in [0.2, 0.25) is 0 Å². The van der Waals surface area contributed by atoms with Crippen molar-refractivity contribution in [2.75, 3.05) is 32.8 Å². The monoisotopic (exact) mass is 413 g/mol. The van der Waals surface area contributed by atoms with Crippen molar-refractivity contribution in [2.45, 2.75) is 13.0 Å². The van der Waals surface area contributed by atoms with Crippen LogP contribution >= 0.6 is 0 Å². The van der Waals surface area contributed by atoms with Crippen molar-refractivity contribution in [3.63, 3.8) is 0 Å². The van der Waals surface area contributed by atoms with Crippen molar-refractivity contribution in [1.29, 1.82) is 0 Å². The van der Waals surface area contributed by atoms with Gasteiger partial charge in [0, 0.05) is 6.08 Å². The number of para-hydroxylation sites is 2. The zero-order valence-electron chi connectivity index (χ0n) is 17.0. The first-order chi connectivity index (χ1) is 14.5. The first kappa shape index (κ1) is 21.0. The molecule has 2 aromatic carbocycles. The van der Waals surface area contributed by atoms with E-state index in [1.54, 1.807) is 42.5 Å². The number of esters is 1. The number of carbonyl (C=O) groups excluding carboxylic acids is 2. The number of ether oxygens (including phenoxy) is 5. The van der Waals surface area contributed by atoms with Crippen molar-refractivity contribution in [2.24, 2.45) is 0 Å². The Kier molecular flexibility index (Phi) is 6.79. The van der Waals surface area contributed by atoms with E-state index in [-0.39, 0.29) is 0 Å². The molecule has 0 unspecified atom stereocenters. The van der Waals surface area contributed by atoms with Crippen LogP contribution in [0, 0.1) is 0 Å². The summed E-state index contributed by atoms with van der Waals surface area (Å²) < 4.78 is 26.8. The summed E-state index contributed by atoms with van der Waals surface area (Å²) in [6.07, 6.45) is 1.79. The molecule has 1 atom stereocenters. The van der Waals surface area contributed by atoms with Gasteiger partial charge in [-0.25, -0.2) is 4.79 Å². The number of hydrogen-bond donors (Lipinski definition) is 1. The molecule has 0 bridgehead atoms. The van der Waals surface area contributed by atoms with Gasteiger partial charge in [-0.05, 0) is 42.8 Å². The SMILES string of the molecule is COc1ccccc1NC(=O)[C@H](C)OC(=O)/C=C/c1cc(OC)c2c(c1)OCCO2. The van der Waals surface area contributed by atoms with Gasteiger partial charge in [-0.2, -0.15) is 0 Å². The molecule has 30 heavy (non-hydrogen) atoms. The summed E-state index contributed by atoms with van der Waals surface area (Å²) in [4.78, 5) is 24.5. The molecule has 0 fully saturated rings. The molecule has 1 aliphatic rings. The highest BCUT2D eigenvalue weighted by Gasteiger charge is 2.19. The normalized spacial score (nSPS) is 13.4. The van der Waals surface area contributed by atoms with Gasteiger partial charge in [-0.15, -0.1) is 0 Å². The van der Waals surface area contributed by atoms with Crippen LogP contribution in [-0.4, -0.2) is 45.4 Å². The fourth-order valence-electron chi connectivity index (χ4n) is 2.80. The lowest BCUT2D eigenvalue weighted by molar-refractivity contribution is -0.148. The number of rotatable bonds is 7. The Hall–Kier alpha value is -3.68. The second-order valence-corrected chi connectivity index (χ2v) is 6.35. The van der Waals surface area contributed by atoms with E-state index in [0.29, 0.717) is 47.5 Å². The van der Waals surface area contributed by atoms with Gasteiger partial charge in [0.05, 0.1) is 19.9 Å². The first-order valence-corrected chi connectivity index (χ1v) is 9.32. The van der Waals surface area contributed by atoms with E-state index in [1.807, 2.05) is 0 Å². The number of hydrogen-bond acceptors (Lipinski definition) is 7. The molecular weight excluding hydrogens is 390 g/mol. The fraction of sp³-hybridized carbons (Fsp3) is 0.273. The van der Waals surface area contributed by atoms with E-state index in [9.17, 15) is 9.59 Å². The minimum atomic E-state index is -0.998. The lowest BCUT2D eigenvalue weighted by Crippen LogP contribution is -2.29. The van der Waals surface area contributed by atoms with Crippen molar-refractivity contribution in [1.82, 2.24) is 0 Å². The average molecular weight is 413 g/mol. The van der Waals surface area contributed by atoms with Crippen LogP contribution in [0.4, 0.5) is 5.69 Å². The first-order valence-electron chi connectivity index (χ1n) is 9.32. The molecule has 2 aromatic rings. The van der Waals surface area contributed by atoms with Gasteiger partial charge >= 0.3 is 5.97 Å². The van der Waals surface area contributed by atoms with Gasteiger partial charge in [0.25, 0.3) is 5.91 Å². The topological polar surface area (TPSA) is 92.3 Å². The Labute approximate surface area is 174 Å². The smallest absolute Gasteiger partial charge is 0.331 e. The Balaban J connectivity index is 1.62. The number of benzene rings is 2. The zero-order chi connectivity index (χ0) is 21.5. The van der Waals surface area contributed by atoms with Gasteiger partial charge in [0.1, 0.15) is 19.0 Å². The molecule has 1 aliphatic heterocycles. The van der Waals surface area contributed by atoms with Crippen LogP contribution in [0.5, 0.6) is 23.0 Å². The molecule has 0 spiro atoms. The molecule has 3 rings (SSSR count). The third-order valence-electron chi connectivity index (χ3n) is 4.29. The van der Waals surface area contributed by atoms with E-state index in [0.717, 1.165) is 0 Å². The lowest BCUT2D eigenvalue weighted by atomic mass is 10.1. The Bertz CT molecular complexity index is 937. The van der Waals surface area contributed by atoms with Gasteiger partial charge in [-0.1, -0.05) is 12.1 Å². The second kappa shape index (κ2) is 9.69. The third kappa shape index (κ3) is 5.02. The molecule has 1 amide bonds. The standard InChI is InChI=1S/C22H23NO7/c1-14(22(25)23-16-6-4-5-7-17(16)26-2)30-20(24)9-8-15-12-18(27-3)21-19(13-15)28-10-11-29-21/h4-9,12-14H,10-11H2,1-3H3,(H,23,25)/b9-8+/t14-/m0/s1. The maximum Gasteiger partial charge on any atom is 0.331 e. The highest BCUT2D eigenvalue weighted by atomic mass is 16.6. The summed E-state index contributed by atoms with van der Waals surface area (Å²) in [5, 5.41) is 2.68. The van der Waals surface area contributed by atoms with Crippen LogP contribution in [0.15, 0.2) is 42.5 Å². The minimum Gasteiger partial charge on any atom is -0.495 e. The summed E-state index contributed by atoms with van der Waals surface area (Å²) in [6.45, 7) is 2.37. The van der Waals surface area contributed by atoms with E-state index in [4.69, 9.17) is 23.7 Å². The van der Waals surface area contributed by atoms with Crippen molar-refractivity contribution in [3.8, 4) is 23.0 Å². The number of methoxy groups -OCH3 is 2. The molecule has 8 nitrogen and oxygen atoms in total. The van der Waals surface area contributed by atoms with Gasteiger partial charge in [-0.3, -0.25) is 4.79 Å². The average Bonchev–Trinajstić information content (AvgIpc) is 2.77. The van der Waals surface area contributed by atoms with Crippen LogP contribution in [0.3, 0.4) is 0 Å². The van der Waals surface area contributed by atoms with Gasteiger partial charge in [0.15, 0.2) is 17.6 Å². The number of fused-ring (bicyclic) bond motifs is 1.